The zero-order chi connectivity index (χ0) is 7.11. The van der Waals surface area contributed by atoms with E-state index in [-0.39, 0.29) is 11.0 Å². The Kier molecular flexibility index (Phi) is 10.8. The molecule has 0 radical (unpaired) electrons. The van der Waals surface area contributed by atoms with Crippen molar-refractivity contribution in [2.45, 2.75) is 6.92 Å². The SMILES string of the molecule is CCl.Cc1ccccc1.[SiH4]. The fourth-order valence-corrected chi connectivity index (χ4v) is 0.534. The van der Waals surface area contributed by atoms with E-state index in [1.807, 2.05) is 18.2 Å². The summed E-state index contributed by atoms with van der Waals surface area (Å²) in [5, 5.41) is 0. The van der Waals surface area contributed by atoms with Crippen LogP contribution in [-0.4, -0.2) is 17.3 Å². The van der Waals surface area contributed by atoms with Crippen molar-refractivity contribution in [2.24, 2.45) is 0 Å². The summed E-state index contributed by atoms with van der Waals surface area (Å²) in [4.78, 5) is 0. The fourth-order valence-electron chi connectivity index (χ4n) is 0.534. The van der Waals surface area contributed by atoms with Crippen LogP contribution in [0, 0.1) is 6.92 Å². The Bertz CT molecular complexity index is 139. The molecule has 0 unspecified atom stereocenters. The Morgan fingerprint density at radius 3 is 1.60 bits per heavy atom. The van der Waals surface area contributed by atoms with Gasteiger partial charge in [0.2, 0.25) is 0 Å². The van der Waals surface area contributed by atoms with Gasteiger partial charge in [0, 0.05) is 6.38 Å². The van der Waals surface area contributed by atoms with E-state index in [2.05, 4.69) is 30.7 Å². The van der Waals surface area contributed by atoms with Crippen molar-refractivity contribution in [1.29, 1.82) is 0 Å². The number of halogens is 1. The molecular weight excluding hydrogens is 160 g/mol. The number of alkyl halides is 1. The molecule has 0 spiro atoms. The fraction of sp³-hybridized carbons (Fsp3) is 0.250. The lowest BCUT2D eigenvalue weighted by molar-refractivity contribution is 1.48. The molecule has 1 aromatic rings. The zero-order valence-electron chi connectivity index (χ0n) is 5.76. The van der Waals surface area contributed by atoms with Crippen LogP contribution < -0.4 is 0 Å². The molecule has 0 aliphatic carbocycles. The predicted octanol–water partition coefficient (Wildman–Crippen LogP) is 1.40. The van der Waals surface area contributed by atoms with E-state index < -0.39 is 0 Å². The molecule has 0 saturated heterocycles. The van der Waals surface area contributed by atoms with E-state index >= 15 is 0 Å². The summed E-state index contributed by atoms with van der Waals surface area (Å²) in [5.74, 6) is 0. The Balaban J connectivity index is 0. The van der Waals surface area contributed by atoms with E-state index in [9.17, 15) is 0 Å². The molecule has 0 atom stereocenters. The highest BCUT2D eigenvalue weighted by molar-refractivity contribution is 6.15. The summed E-state index contributed by atoms with van der Waals surface area (Å²) < 4.78 is 0. The second kappa shape index (κ2) is 8.73. The van der Waals surface area contributed by atoms with E-state index in [0.29, 0.717) is 0 Å². The van der Waals surface area contributed by atoms with Gasteiger partial charge in [0.25, 0.3) is 0 Å². The largest absolute Gasteiger partial charge is 0.130 e. The van der Waals surface area contributed by atoms with Crippen LogP contribution in [0.5, 0.6) is 0 Å². The van der Waals surface area contributed by atoms with Crippen LogP contribution in [0.4, 0.5) is 0 Å². The first-order chi connectivity index (χ1) is 4.39. The number of benzene rings is 1. The standard InChI is InChI=1S/C7H8.CH3Cl.H4Si/c1-7-5-3-2-4-6-7;1-2;/h2-6H,1H3;1H3;1H4. The number of rotatable bonds is 0. The van der Waals surface area contributed by atoms with E-state index in [0.717, 1.165) is 0 Å². The molecule has 0 aromatic heterocycles. The molecule has 0 nitrogen and oxygen atoms in total. The third-order valence-electron chi connectivity index (χ3n) is 0.940. The van der Waals surface area contributed by atoms with Crippen LogP contribution >= 0.6 is 11.6 Å². The maximum absolute atomic E-state index is 4.64. The molecule has 0 amide bonds. The normalized spacial score (nSPS) is 6.70. The molecule has 2 heteroatoms. The zero-order valence-corrected chi connectivity index (χ0v) is 6.52. The monoisotopic (exact) mass is 174 g/mol. The Morgan fingerprint density at radius 2 is 1.40 bits per heavy atom. The summed E-state index contributed by atoms with van der Waals surface area (Å²) in [6, 6.07) is 10.3. The minimum Gasteiger partial charge on any atom is -0.130 e. The van der Waals surface area contributed by atoms with E-state index in [1.54, 1.807) is 0 Å². The van der Waals surface area contributed by atoms with Crippen molar-refractivity contribution in [3.63, 3.8) is 0 Å². The summed E-state index contributed by atoms with van der Waals surface area (Å²) >= 11 is 4.64. The molecule has 1 aromatic carbocycles. The second-order valence-electron chi connectivity index (χ2n) is 1.65. The lowest BCUT2D eigenvalue weighted by Crippen LogP contribution is -1.62. The highest BCUT2D eigenvalue weighted by atomic mass is 35.5. The maximum atomic E-state index is 4.64. The summed E-state index contributed by atoms with van der Waals surface area (Å²) in [6.45, 7) is 2.08. The smallest absolute Gasteiger partial charge is 0.0108 e. The minimum absolute atomic E-state index is 0. The topological polar surface area (TPSA) is 0 Å². The van der Waals surface area contributed by atoms with Crippen molar-refractivity contribution in [1.82, 2.24) is 0 Å². The average Bonchev–Trinajstić information content (AvgIpc) is 1.94. The highest BCUT2D eigenvalue weighted by Gasteiger charge is 1.72. The van der Waals surface area contributed by atoms with Gasteiger partial charge < -0.3 is 0 Å². The van der Waals surface area contributed by atoms with Crippen LogP contribution in [0.2, 0.25) is 0 Å². The number of aryl methyl sites for hydroxylation is 1. The van der Waals surface area contributed by atoms with Gasteiger partial charge in [-0.1, -0.05) is 35.9 Å². The summed E-state index contributed by atoms with van der Waals surface area (Å²) in [5.41, 5.74) is 1.32. The maximum Gasteiger partial charge on any atom is 0.0108 e. The van der Waals surface area contributed by atoms with Crippen molar-refractivity contribution in [3.8, 4) is 0 Å². The lowest BCUT2D eigenvalue weighted by atomic mass is 10.2. The molecule has 58 valence electrons. The van der Waals surface area contributed by atoms with Crippen LogP contribution in [0.15, 0.2) is 30.3 Å². The molecule has 10 heavy (non-hydrogen) atoms. The molecule has 0 bridgehead atoms. The van der Waals surface area contributed by atoms with Crippen LogP contribution in [0.25, 0.3) is 0 Å². The van der Waals surface area contributed by atoms with Crippen molar-refractivity contribution >= 4 is 22.6 Å². The van der Waals surface area contributed by atoms with Gasteiger partial charge in [0.05, 0.1) is 0 Å². The molecule has 0 heterocycles. The van der Waals surface area contributed by atoms with Crippen molar-refractivity contribution < 1.29 is 0 Å². The predicted molar refractivity (Wildman–Crippen MR) is 54.3 cm³/mol. The van der Waals surface area contributed by atoms with Gasteiger partial charge in [-0.15, -0.1) is 11.6 Å². The highest BCUT2D eigenvalue weighted by Crippen LogP contribution is 1.92. The van der Waals surface area contributed by atoms with Crippen LogP contribution in [0.3, 0.4) is 0 Å². The quantitative estimate of drug-likeness (QED) is 0.412. The first-order valence-corrected chi connectivity index (χ1v) is 3.54. The Labute approximate surface area is 72.2 Å². The van der Waals surface area contributed by atoms with Gasteiger partial charge in [-0.05, 0) is 17.9 Å². The lowest BCUT2D eigenvalue weighted by Gasteiger charge is -1.82. The summed E-state index contributed by atoms with van der Waals surface area (Å²) in [7, 11) is 0. The molecule has 0 saturated carbocycles. The molecule has 1 rings (SSSR count). The number of hydrogen-bond acceptors (Lipinski definition) is 0. The molecular formula is C8H15ClSi. The van der Waals surface area contributed by atoms with Gasteiger partial charge in [-0.3, -0.25) is 0 Å². The first kappa shape index (κ1) is 12.4. The second-order valence-corrected chi connectivity index (χ2v) is 1.65. The Hall–Kier alpha value is -0.273. The van der Waals surface area contributed by atoms with Gasteiger partial charge in [-0.2, -0.15) is 0 Å². The van der Waals surface area contributed by atoms with Crippen molar-refractivity contribution in [2.75, 3.05) is 6.38 Å². The molecule has 0 aliphatic rings. The Morgan fingerprint density at radius 1 is 1.00 bits per heavy atom. The third kappa shape index (κ3) is 5.86. The van der Waals surface area contributed by atoms with Crippen LogP contribution in [-0.2, 0) is 0 Å². The summed E-state index contributed by atoms with van der Waals surface area (Å²) in [6.07, 6.45) is 1.47. The molecule has 0 aliphatic heterocycles. The van der Waals surface area contributed by atoms with Crippen LogP contribution in [0.1, 0.15) is 5.56 Å². The van der Waals surface area contributed by atoms with Gasteiger partial charge in [-0.25, -0.2) is 0 Å². The van der Waals surface area contributed by atoms with E-state index in [1.165, 1.54) is 11.9 Å². The van der Waals surface area contributed by atoms with Crippen molar-refractivity contribution in [3.05, 3.63) is 35.9 Å². The third-order valence-corrected chi connectivity index (χ3v) is 0.940. The van der Waals surface area contributed by atoms with Gasteiger partial charge >= 0.3 is 0 Å². The minimum atomic E-state index is 0. The van der Waals surface area contributed by atoms with Gasteiger partial charge in [0.15, 0.2) is 0 Å². The average molecular weight is 175 g/mol. The molecule has 0 fully saturated rings. The molecule has 0 N–H and O–H groups in total. The first-order valence-electron chi connectivity index (χ1n) is 2.79. The van der Waals surface area contributed by atoms with Gasteiger partial charge in [0.1, 0.15) is 0 Å². The van der Waals surface area contributed by atoms with E-state index in [4.69, 9.17) is 0 Å². The number of hydrogen-bond donors (Lipinski definition) is 0.